The van der Waals surface area contributed by atoms with Crippen LogP contribution in [-0.2, 0) is 30.9 Å². The van der Waals surface area contributed by atoms with Crippen LogP contribution < -0.4 is 11.2 Å². The van der Waals surface area contributed by atoms with E-state index in [0.717, 1.165) is 18.9 Å². The quantitative estimate of drug-likeness (QED) is 0.275. The standard InChI is InChI=1S/C12H14N4O4.C12H12N4O4.Co/c2*1-15-10(18)9(11(19)16(2)12(15)20)14-13-7-5-3-4-6-8(7)17;/h3-6,10,17-19H,1-2H3;3-6,17-18H,1-2H3;. The van der Waals surface area contributed by atoms with E-state index in [1.165, 1.54) is 52.5 Å². The number of carbonyl (C=O) groups is 1. The Morgan fingerprint density at radius 2 is 1.20 bits per heavy atom. The molecule has 2 heterocycles. The molecule has 2 aromatic carbocycles. The smallest absolute Gasteiger partial charge is 0.333 e. The maximum absolute atomic E-state index is 11.8. The molecule has 4 rings (SSSR count). The van der Waals surface area contributed by atoms with Gasteiger partial charge >= 0.3 is 11.7 Å². The number of phenols is 2. The predicted molar refractivity (Wildman–Crippen MR) is 140 cm³/mol. The number of nitrogens with zero attached hydrogens (tertiary/aromatic N) is 8. The van der Waals surface area contributed by atoms with Crippen molar-refractivity contribution in [2.45, 2.75) is 6.23 Å². The fourth-order valence-corrected chi connectivity index (χ4v) is 3.21. The van der Waals surface area contributed by atoms with E-state index in [1.54, 1.807) is 24.3 Å². The van der Waals surface area contributed by atoms with Gasteiger partial charge in [0.1, 0.15) is 22.9 Å². The molecular formula is C24H26CoN8O8. The normalized spacial score (nSPS) is 15.2. The molecule has 0 bridgehead atoms. The minimum atomic E-state index is -1.41. The second-order valence-electron chi connectivity index (χ2n) is 8.29. The molecule has 3 aromatic rings. The molecule has 0 saturated heterocycles. The van der Waals surface area contributed by atoms with Gasteiger partial charge in [0, 0.05) is 45.0 Å². The topological polar surface area (TPSA) is 218 Å². The number of aromatic nitrogens is 2. The molecule has 1 aliphatic heterocycles. The number of amides is 2. The van der Waals surface area contributed by atoms with Crippen molar-refractivity contribution < 1.29 is 47.1 Å². The summed E-state index contributed by atoms with van der Waals surface area (Å²) in [6.45, 7) is 0. The Labute approximate surface area is 242 Å². The van der Waals surface area contributed by atoms with Gasteiger partial charge in [0.05, 0.1) is 0 Å². The monoisotopic (exact) mass is 613 g/mol. The number of urea groups is 1. The maximum atomic E-state index is 11.8. The van der Waals surface area contributed by atoms with E-state index >= 15 is 0 Å². The van der Waals surface area contributed by atoms with Gasteiger partial charge in [0.25, 0.3) is 5.56 Å². The molecule has 17 heteroatoms. The number of benzene rings is 2. The van der Waals surface area contributed by atoms with E-state index in [-0.39, 0.29) is 51.0 Å². The number of rotatable bonds is 4. The zero-order chi connectivity index (χ0) is 29.7. The minimum Gasteiger partial charge on any atom is -0.506 e. The van der Waals surface area contributed by atoms with Gasteiger partial charge in [-0.3, -0.25) is 23.7 Å². The summed E-state index contributed by atoms with van der Waals surface area (Å²) in [6, 6.07) is 11.8. The molecule has 219 valence electrons. The maximum Gasteiger partial charge on any atom is 0.333 e. The Hall–Kier alpha value is -5.00. The van der Waals surface area contributed by atoms with E-state index < -0.39 is 35.3 Å². The third kappa shape index (κ3) is 6.77. The molecule has 1 radical (unpaired) electrons. The average Bonchev–Trinajstić information content (AvgIpc) is 2.95. The molecular weight excluding hydrogens is 587 g/mol. The molecule has 1 aromatic heterocycles. The van der Waals surface area contributed by atoms with Gasteiger partial charge in [0.2, 0.25) is 17.5 Å². The number of hydrogen-bond donors (Lipinski definition) is 5. The number of aromatic hydroxyl groups is 3. The Balaban J connectivity index is 0.000000280. The van der Waals surface area contributed by atoms with Crippen molar-refractivity contribution in [3.05, 3.63) is 80.9 Å². The van der Waals surface area contributed by atoms with Gasteiger partial charge < -0.3 is 25.5 Å². The summed E-state index contributed by atoms with van der Waals surface area (Å²) in [5.41, 5.74) is -1.68. The first kappa shape index (κ1) is 32.2. The van der Waals surface area contributed by atoms with Crippen LogP contribution in [0.5, 0.6) is 17.4 Å². The van der Waals surface area contributed by atoms with Crippen molar-refractivity contribution in [1.82, 2.24) is 18.9 Å². The fraction of sp³-hybridized carbons (Fsp3) is 0.208. The Kier molecular flexibility index (Phi) is 10.5. The molecule has 0 spiro atoms. The van der Waals surface area contributed by atoms with Crippen LogP contribution in [0.1, 0.15) is 0 Å². The van der Waals surface area contributed by atoms with Gasteiger partial charge in [-0.1, -0.05) is 24.3 Å². The molecule has 1 unspecified atom stereocenters. The average molecular weight is 613 g/mol. The summed E-state index contributed by atoms with van der Waals surface area (Å²) >= 11 is 0. The van der Waals surface area contributed by atoms with E-state index in [9.17, 15) is 39.9 Å². The van der Waals surface area contributed by atoms with E-state index in [1.807, 2.05) is 0 Å². The van der Waals surface area contributed by atoms with Gasteiger partial charge in [-0.05, 0) is 24.3 Å². The first-order valence-electron chi connectivity index (χ1n) is 11.4. The van der Waals surface area contributed by atoms with E-state index in [0.29, 0.717) is 0 Å². The predicted octanol–water partition coefficient (Wildman–Crippen LogP) is 2.43. The second-order valence-corrected chi connectivity index (χ2v) is 8.29. The van der Waals surface area contributed by atoms with Crippen molar-refractivity contribution in [3.63, 3.8) is 0 Å². The molecule has 1 aliphatic rings. The van der Waals surface area contributed by atoms with E-state index in [4.69, 9.17) is 0 Å². The molecule has 0 saturated carbocycles. The van der Waals surface area contributed by atoms with Gasteiger partial charge in [-0.15, -0.1) is 20.5 Å². The molecule has 16 nitrogen and oxygen atoms in total. The van der Waals surface area contributed by atoms with E-state index in [2.05, 4.69) is 20.5 Å². The summed E-state index contributed by atoms with van der Waals surface area (Å²) < 4.78 is 1.68. The number of hydrogen-bond acceptors (Lipinski definition) is 12. The van der Waals surface area contributed by atoms with Crippen LogP contribution in [0.25, 0.3) is 0 Å². The number of aliphatic hydroxyl groups excluding tert-OH is 2. The van der Waals surface area contributed by atoms with Crippen molar-refractivity contribution >= 4 is 23.1 Å². The summed E-state index contributed by atoms with van der Waals surface area (Å²) in [6.07, 6.45) is -1.41. The van der Waals surface area contributed by atoms with Crippen LogP contribution in [0.2, 0.25) is 0 Å². The van der Waals surface area contributed by atoms with Crippen LogP contribution in [0.3, 0.4) is 0 Å². The summed E-state index contributed by atoms with van der Waals surface area (Å²) in [5.74, 6) is -1.27. The van der Waals surface area contributed by atoms with Crippen molar-refractivity contribution in [2.24, 2.45) is 34.6 Å². The Morgan fingerprint density at radius 1 is 0.707 bits per heavy atom. The third-order valence-electron chi connectivity index (χ3n) is 5.64. The van der Waals surface area contributed by atoms with Crippen molar-refractivity contribution in [1.29, 1.82) is 0 Å². The van der Waals surface area contributed by atoms with Crippen LogP contribution in [-0.4, -0.2) is 70.8 Å². The van der Waals surface area contributed by atoms with Crippen LogP contribution in [0.15, 0.2) is 90.2 Å². The first-order chi connectivity index (χ1) is 18.9. The molecule has 0 aliphatic carbocycles. The molecule has 2 amide bonds. The van der Waals surface area contributed by atoms with Gasteiger partial charge in [-0.2, -0.15) is 0 Å². The summed E-state index contributed by atoms with van der Waals surface area (Å²) in [4.78, 5) is 36.9. The number of carbonyl (C=O) groups excluding carboxylic acids is 1. The minimum absolute atomic E-state index is 0. The van der Waals surface area contributed by atoms with Crippen molar-refractivity contribution in [3.8, 4) is 17.4 Å². The number of likely N-dealkylation sites (N-methyl/N-ethyl adjacent to an activating group) is 1. The zero-order valence-electron chi connectivity index (χ0n) is 22.1. The number of aliphatic hydroxyl groups is 2. The zero-order valence-corrected chi connectivity index (χ0v) is 23.1. The number of azo groups is 2. The van der Waals surface area contributed by atoms with Gasteiger partial charge in [0.15, 0.2) is 11.9 Å². The summed E-state index contributed by atoms with van der Waals surface area (Å²) in [5, 5.41) is 63.3. The molecule has 1 atom stereocenters. The fourth-order valence-electron chi connectivity index (χ4n) is 3.21. The SMILES string of the molecule is CN1C(=O)N(C)C(O)C(N=Nc2ccccc2O)=C1O.Cn1c(O)c(N=Nc2ccccc2O)c(=O)n(C)c1=O.[Co]. The van der Waals surface area contributed by atoms with Crippen LogP contribution >= 0.6 is 0 Å². The van der Waals surface area contributed by atoms with Gasteiger partial charge in [-0.25, -0.2) is 9.59 Å². The van der Waals surface area contributed by atoms with Crippen molar-refractivity contribution in [2.75, 3.05) is 14.1 Å². The third-order valence-corrected chi connectivity index (χ3v) is 5.64. The Morgan fingerprint density at radius 3 is 1.71 bits per heavy atom. The Bertz CT molecular complexity index is 1650. The number of para-hydroxylation sites is 2. The molecule has 5 N–H and O–H groups in total. The van der Waals surface area contributed by atoms with Crippen LogP contribution in [0.4, 0.5) is 21.9 Å². The number of phenolic OH excluding ortho intramolecular Hbond substituents is 2. The summed E-state index contributed by atoms with van der Waals surface area (Å²) in [7, 11) is 5.28. The molecule has 0 fully saturated rings. The largest absolute Gasteiger partial charge is 0.506 e. The first-order valence-corrected chi connectivity index (χ1v) is 11.4. The van der Waals surface area contributed by atoms with Crippen LogP contribution in [0, 0.1) is 0 Å². The molecule has 41 heavy (non-hydrogen) atoms. The second kappa shape index (κ2) is 13.4.